The zero-order valence-electron chi connectivity index (χ0n) is 12.8. The van der Waals surface area contributed by atoms with Gasteiger partial charge in [-0.05, 0) is 40.0 Å². The summed E-state index contributed by atoms with van der Waals surface area (Å²) in [6.07, 6.45) is 4.95. The molecule has 6 nitrogen and oxygen atoms in total. The van der Waals surface area contributed by atoms with Crippen LogP contribution in [-0.2, 0) is 0 Å². The second kappa shape index (κ2) is 6.45. The molecule has 0 saturated carbocycles. The number of aromatic nitrogens is 4. The van der Waals surface area contributed by atoms with E-state index < -0.39 is 0 Å². The SMILES string of the molecule is CC(C)CNC(=O)c1cncc(-c2ccc3ncc(Br)n3n2)c1. The average molecular weight is 374 g/mol. The topological polar surface area (TPSA) is 72.2 Å². The van der Waals surface area contributed by atoms with Crippen LogP contribution in [0.3, 0.4) is 0 Å². The van der Waals surface area contributed by atoms with Crippen molar-refractivity contribution in [2.75, 3.05) is 6.54 Å². The van der Waals surface area contributed by atoms with Crippen LogP contribution in [0.2, 0.25) is 0 Å². The third-order valence-corrected chi connectivity index (χ3v) is 3.83. The van der Waals surface area contributed by atoms with Crippen LogP contribution in [0, 0.1) is 5.92 Å². The monoisotopic (exact) mass is 373 g/mol. The van der Waals surface area contributed by atoms with Gasteiger partial charge in [0.1, 0.15) is 4.60 Å². The molecule has 7 heteroatoms. The van der Waals surface area contributed by atoms with Gasteiger partial charge in [0.25, 0.3) is 5.91 Å². The highest BCUT2D eigenvalue weighted by molar-refractivity contribution is 9.10. The standard InChI is InChI=1S/C16H16BrN5O/c1-10(2)6-20-16(23)12-5-11(7-18-8-12)13-3-4-15-19-9-14(17)22(15)21-13/h3-5,7-10H,6H2,1-2H3,(H,20,23). The summed E-state index contributed by atoms with van der Waals surface area (Å²) in [7, 11) is 0. The number of amides is 1. The van der Waals surface area contributed by atoms with Crippen molar-refractivity contribution in [1.29, 1.82) is 0 Å². The van der Waals surface area contributed by atoms with Gasteiger partial charge in [-0.25, -0.2) is 9.50 Å². The number of imidazole rings is 1. The Morgan fingerprint density at radius 3 is 2.91 bits per heavy atom. The molecule has 3 rings (SSSR count). The second-order valence-electron chi connectivity index (χ2n) is 5.64. The predicted molar refractivity (Wildman–Crippen MR) is 91.1 cm³/mol. The fraction of sp³-hybridized carbons (Fsp3) is 0.250. The van der Waals surface area contributed by atoms with Gasteiger partial charge in [-0.1, -0.05) is 13.8 Å². The first kappa shape index (κ1) is 15.6. The van der Waals surface area contributed by atoms with Crippen LogP contribution < -0.4 is 5.32 Å². The fourth-order valence-electron chi connectivity index (χ4n) is 2.10. The van der Waals surface area contributed by atoms with Crippen molar-refractivity contribution >= 4 is 27.5 Å². The lowest BCUT2D eigenvalue weighted by atomic mass is 10.1. The lowest BCUT2D eigenvalue weighted by molar-refractivity contribution is 0.0948. The van der Waals surface area contributed by atoms with Gasteiger partial charge in [0, 0.05) is 24.5 Å². The lowest BCUT2D eigenvalue weighted by Crippen LogP contribution is -2.27. The van der Waals surface area contributed by atoms with E-state index in [1.807, 2.05) is 12.1 Å². The van der Waals surface area contributed by atoms with E-state index >= 15 is 0 Å². The van der Waals surface area contributed by atoms with Gasteiger partial charge in [-0.3, -0.25) is 9.78 Å². The molecular weight excluding hydrogens is 358 g/mol. The molecule has 0 spiro atoms. The first-order valence-electron chi connectivity index (χ1n) is 7.28. The molecule has 1 N–H and O–H groups in total. The quantitative estimate of drug-likeness (QED) is 0.762. The van der Waals surface area contributed by atoms with Crippen LogP contribution in [0.4, 0.5) is 0 Å². The van der Waals surface area contributed by atoms with Crippen molar-refractivity contribution in [2.45, 2.75) is 13.8 Å². The van der Waals surface area contributed by atoms with Crippen molar-refractivity contribution < 1.29 is 4.79 Å². The molecule has 1 amide bonds. The minimum absolute atomic E-state index is 0.127. The van der Waals surface area contributed by atoms with E-state index in [1.54, 1.807) is 29.2 Å². The molecule has 0 fully saturated rings. The molecule has 0 atom stereocenters. The van der Waals surface area contributed by atoms with Crippen molar-refractivity contribution in [2.24, 2.45) is 5.92 Å². The van der Waals surface area contributed by atoms with E-state index in [0.717, 1.165) is 21.5 Å². The van der Waals surface area contributed by atoms with E-state index in [2.05, 4.69) is 50.2 Å². The van der Waals surface area contributed by atoms with Crippen LogP contribution in [-0.4, -0.2) is 32.0 Å². The molecule has 0 bridgehead atoms. The number of carbonyl (C=O) groups excluding carboxylic acids is 1. The minimum Gasteiger partial charge on any atom is -0.352 e. The normalized spacial score (nSPS) is 11.1. The van der Waals surface area contributed by atoms with Crippen LogP contribution >= 0.6 is 15.9 Å². The Morgan fingerprint density at radius 2 is 2.13 bits per heavy atom. The fourth-order valence-corrected chi connectivity index (χ4v) is 2.47. The van der Waals surface area contributed by atoms with Crippen LogP contribution in [0.1, 0.15) is 24.2 Å². The smallest absolute Gasteiger partial charge is 0.252 e. The molecule has 0 saturated heterocycles. The maximum atomic E-state index is 12.2. The maximum absolute atomic E-state index is 12.2. The van der Waals surface area contributed by atoms with Gasteiger partial charge < -0.3 is 5.32 Å². The van der Waals surface area contributed by atoms with Gasteiger partial charge >= 0.3 is 0 Å². The Morgan fingerprint density at radius 1 is 1.30 bits per heavy atom. The van der Waals surface area contributed by atoms with Crippen LogP contribution in [0.15, 0.2) is 41.4 Å². The summed E-state index contributed by atoms with van der Waals surface area (Å²) in [6.45, 7) is 4.74. The van der Waals surface area contributed by atoms with Crippen molar-refractivity contribution in [3.05, 3.63) is 47.0 Å². The molecule has 0 aromatic carbocycles. The number of halogens is 1. The Labute approximate surface area is 142 Å². The lowest BCUT2D eigenvalue weighted by Gasteiger charge is -2.08. The summed E-state index contributed by atoms with van der Waals surface area (Å²) >= 11 is 3.40. The van der Waals surface area contributed by atoms with Crippen LogP contribution in [0.25, 0.3) is 16.9 Å². The number of hydrogen-bond acceptors (Lipinski definition) is 4. The number of hydrogen-bond donors (Lipinski definition) is 1. The third-order valence-electron chi connectivity index (χ3n) is 3.29. The van der Waals surface area contributed by atoms with E-state index in [1.165, 1.54) is 0 Å². The molecule has 3 aromatic rings. The van der Waals surface area contributed by atoms with Gasteiger partial charge in [0.05, 0.1) is 17.5 Å². The molecule has 0 aliphatic carbocycles. The summed E-state index contributed by atoms with van der Waals surface area (Å²) in [6, 6.07) is 5.53. The maximum Gasteiger partial charge on any atom is 0.252 e. The molecule has 0 aliphatic heterocycles. The Hall–Kier alpha value is -2.28. The van der Waals surface area contributed by atoms with Gasteiger partial charge in [-0.2, -0.15) is 5.10 Å². The van der Waals surface area contributed by atoms with E-state index in [9.17, 15) is 4.79 Å². The summed E-state index contributed by atoms with van der Waals surface area (Å²) in [5, 5.41) is 7.40. The molecule has 3 heterocycles. The summed E-state index contributed by atoms with van der Waals surface area (Å²) < 4.78 is 2.47. The predicted octanol–water partition coefficient (Wildman–Crippen LogP) is 2.94. The third kappa shape index (κ3) is 3.39. The van der Waals surface area contributed by atoms with E-state index in [4.69, 9.17) is 0 Å². The summed E-state index contributed by atoms with van der Waals surface area (Å²) in [5.41, 5.74) is 2.78. The molecular formula is C16H16BrN5O. The second-order valence-corrected chi connectivity index (χ2v) is 6.45. The highest BCUT2D eigenvalue weighted by Crippen LogP contribution is 2.19. The molecule has 23 heavy (non-hydrogen) atoms. The number of nitrogens with one attached hydrogen (secondary N) is 1. The van der Waals surface area contributed by atoms with Crippen molar-refractivity contribution in [3.63, 3.8) is 0 Å². The van der Waals surface area contributed by atoms with Gasteiger partial charge in [-0.15, -0.1) is 0 Å². The zero-order valence-corrected chi connectivity index (χ0v) is 14.4. The van der Waals surface area contributed by atoms with Gasteiger partial charge in [0.2, 0.25) is 0 Å². The average Bonchev–Trinajstić information content (AvgIpc) is 2.93. The van der Waals surface area contributed by atoms with E-state index in [0.29, 0.717) is 18.0 Å². The molecule has 118 valence electrons. The molecule has 0 unspecified atom stereocenters. The number of nitrogens with zero attached hydrogens (tertiary/aromatic N) is 4. The van der Waals surface area contributed by atoms with Crippen molar-refractivity contribution in [3.8, 4) is 11.3 Å². The minimum atomic E-state index is -0.127. The largest absolute Gasteiger partial charge is 0.352 e. The first-order chi connectivity index (χ1) is 11.0. The number of carbonyl (C=O) groups is 1. The number of fused-ring (bicyclic) bond motifs is 1. The van der Waals surface area contributed by atoms with Gasteiger partial charge in [0.15, 0.2) is 5.65 Å². The zero-order chi connectivity index (χ0) is 16.4. The van der Waals surface area contributed by atoms with Crippen molar-refractivity contribution in [1.82, 2.24) is 24.9 Å². The molecule has 3 aromatic heterocycles. The van der Waals surface area contributed by atoms with E-state index in [-0.39, 0.29) is 5.91 Å². The molecule has 0 radical (unpaired) electrons. The summed E-state index contributed by atoms with van der Waals surface area (Å²) in [4.78, 5) is 20.5. The molecule has 0 aliphatic rings. The number of rotatable bonds is 4. The Bertz CT molecular complexity index is 859. The highest BCUT2D eigenvalue weighted by Gasteiger charge is 2.10. The Kier molecular flexibility index (Phi) is 4.38. The first-order valence-corrected chi connectivity index (χ1v) is 8.08. The summed E-state index contributed by atoms with van der Waals surface area (Å²) in [5.74, 6) is 0.274. The Balaban J connectivity index is 1.91. The van der Waals surface area contributed by atoms with Crippen LogP contribution in [0.5, 0.6) is 0 Å². The number of pyridine rings is 1. The highest BCUT2D eigenvalue weighted by atomic mass is 79.9.